The van der Waals surface area contributed by atoms with Crippen molar-refractivity contribution in [1.29, 1.82) is 0 Å². The molecule has 0 bridgehead atoms. The molecule has 210 valence electrons. The Morgan fingerprint density at radius 2 is 1.34 bits per heavy atom. The number of amides is 1. The molecule has 4 aromatic carbocycles. The second kappa shape index (κ2) is 14.1. The molecule has 5 heteroatoms. The van der Waals surface area contributed by atoms with E-state index in [4.69, 9.17) is 14.2 Å². The van der Waals surface area contributed by atoms with Gasteiger partial charge in [0.2, 0.25) is 5.91 Å². The van der Waals surface area contributed by atoms with Gasteiger partial charge in [-0.3, -0.25) is 4.79 Å². The van der Waals surface area contributed by atoms with Gasteiger partial charge in [0.05, 0.1) is 26.9 Å². The van der Waals surface area contributed by atoms with Crippen LogP contribution < -0.4 is 19.5 Å². The zero-order chi connectivity index (χ0) is 29.1. The van der Waals surface area contributed by atoms with Crippen LogP contribution in [-0.2, 0) is 16.8 Å². The van der Waals surface area contributed by atoms with Gasteiger partial charge in [-0.25, -0.2) is 0 Å². The Morgan fingerprint density at radius 1 is 0.756 bits per heavy atom. The normalized spacial score (nSPS) is 10.7. The number of nitrogens with one attached hydrogen (secondary N) is 1. The van der Waals surface area contributed by atoms with Crippen molar-refractivity contribution in [2.45, 2.75) is 38.1 Å². The maximum atomic E-state index is 12.3. The van der Waals surface area contributed by atoms with Crippen LogP contribution in [0.3, 0.4) is 0 Å². The molecule has 0 aliphatic heterocycles. The average molecular weight is 548 g/mol. The summed E-state index contributed by atoms with van der Waals surface area (Å²) in [7, 11) is 5.00. The summed E-state index contributed by atoms with van der Waals surface area (Å²) in [4.78, 5) is 12.3. The third-order valence-electron chi connectivity index (χ3n) is 7.37. The van der Waals surface area contributed by atoms with E-state index in [0.29, 0.717) is 31.6 Å². The van der Waals surface area contributed by atoms with E-state index >= 15 is 0 Å². The van der Waals surface area contributed by atoms with Gasteiger partial charge in [0.25, 0.3) is 0 Å². The first-order chi connectivity index (χ1) is 20.0. The first-order valence-corrected chi connectivity index (χ1v) is 13.7. The maximum absolute atomic E-state index is 12.3. The van der Waals surface area contributed by atoms with Crippen LogP contribution in [0.2, 0.25) is 0 Å². The highest BCUT2D eigenvalue weighted by atomic mass is 16.5. The molecule has 0 aromatic heterocycles. The van der Waals surface area contributed by atoms with Crippen molar-refractivity contribution in [3.05, 3.63) is 125 Å². The number of unbranched alkanes of at least 4 members (excludes halogenated alkanes) is 1. The highest BCUT2D eigenvalue weighted by molar-refractivity contribution is 5.75. The number of hydrogen-bond acceptors (Lipinski definition) is 4. The van der Waals surface area contributed by atoms with Crippen molar-refractivity contribution >= 4 is 5.91 Å². The molecule has 0 heterocycles. The van der Waals surface area contributed by atoms with Crippen molar-refractivity contribution in [2.24, 2.45) is 0 Å². The molecular weight excluding hydrogens is 510 g/mol. The number of carbonyl (C=O) groups is 1. The molecule has 0 spiro atoms. The summed E-state index contributed by atoms with van der Waals surface area (Å²) in [5, 5.41) is 2.97. The van der Waals surface area contributed by atoms with Crippen LogP contribution in [0.5, 0.6) is 17.2 Å². The smallest absolute Gasteiger partial charge is 0.220 e. The van der Waals surface area contributed by atoms with Crippen LogP contribution in [0.1, 0.15) is 54.0 Å². The summed E-state index contributed by atoms with van der Waals surface area (Å²) in [5.41, 5.74) is 4.75. The predicted octanol–water partition coefficient (Wildman–Crippen LogP) is 6.90. The summed E-state index contributed by atoms with van der Waals surface area (Å²) in [6, 6.07) is 32.4. The molecule has 1 N–H and O–H groups in total. The second-order valence-electron chi connectivity index (χ2n) is 9.91. The molecule has 1 amide bonds. The minimum absolute atomic E-state index is 0.0324. The van der Waals surface area contributed by atoms with Gasteiger partial charge in [-0.1, -0.05) is 72.5 Å². The molecule has 0 fully saturated rings. The van der Waals surface area contributed by atoms with E-state index in [1.54, 1.807) is 21.3 Å². The van der Waals surface area contributed by atoms with Gasteiger partial charge in [0.15, 0.2) is 0 Å². The van der Waals surface area contributed by atoms with E-state index in [-0.39, 0.29) is 5.91 Å². The molecule has 0 aliphatic rings. The Kier molecular flexibility index (Phi) is 10.1. The Bertz CT molecular complexity index is 1440. The largest absolute Gasteiger partial charge is 0.497 e. The molecule has 4 rings (SSSR count). The van der Waals surface area contributed by atoms with Crippen LogP contribution in [0.25, 0.3) is 0 Å². The Labute approximate surface area is 243 Å². The first-order valence-electron chi connectivity index (χ1n) is 13.7. The van der Waals surface area contributed by atoms with Crippen LogP contribution in [0.15, 0.2) is 97.1 Å². The summed E-state index contributed by atoms with van der Waals surface area (Å²) in [6.07, 6.45) is 1.73. The quantitative estimate of drug-likeness (QED) is 0.126. The van der Waals surface area contributed by atoms with E-state index in [0.717, 1.165) is 39.3 Å². The Hall–Kier alpha value is -4.69. The zero-order valence-corrected chi connectivity index (χ0v) is 24.2. The lowest BCUT2D eigenvalue weighted by molar-refractivity contribution is -0.121. The molecule has 0 aliphatic carbocycles. The minimum atomic E-state index is -0.474. The molecule has 0 radical (unpaired) electrons. The lowest BCUT2D eigenvalue weighted by atomic mass is 9.70. The standard InChI is InChI=1S/C36H37NO4/c1-36(29-15-20-32(39-2)21-16-29,30-17-22-33(40-3)23-18-30)31-19-24-34(41-4)28(25-31)13-9-6-10-14-35(38)37-26-27-11-7-5-8-12-27/h5,7-8,11-12,15-25H,6,10,14,26H2,1-4H3,(H,37,38). The fourth-order valence-electron chi connectivity index (χ4n) is 4.85. The van der Waals surface area contributed by atoms with E-state index < -0.39 is 5.41 Å². The maximum Gasteiger partial charge on any atom is 0.220 e. The predicted molar refractivity (Wildman–Crippen MR) is 164 cm³/mol. The third-order valence-corrected chi connectivity index (χ3v) is 7.37. The topological polar surface area (TPSA) is 56.8 Å². The van der Waals surface area contributed by atoms with Crippen molar-refractivity contribution in [3.8, 4) is 29.1 Å². The van der Waals surface area contributed by atoms with Crippen LogP contribution in [0.4, 0.5) is 0 Å². The summed E-state index contributed by atoms with van der Waals surface area (Å²) in [5.74, 6) is 8.91. The van der Waals surface area contributed by atoms with Gasteiger partial charge in [-0.15, -0.1) is 0 Å². The lowest BCUT2D eigenvalue weighted by Gasteiger charge is -2.32. The number of methoxy groups -OCH3 is 3. The average Bonchev–Trinajstić information content (AvgIpc) is 3.03. The molecular formula is C36H37NO4. The number of rotatable bonds is 11. The van der Waals surface area contributed by atoms with Gasteiger partial charge in [-0.05, 0) is 72.0 Å². The summed E-state index contributed by atoms with van der Waals surface area (Å²) >= 11 is 0. The van der Waals surface area contributed by atoms with Crippen LogP contribution in [-0.4, -0.2) is 27.2 Å². The molecule has 41 heavy (non-hydrogen) atoms. The Balaban J connectivity index is 1.54. The van der Waals surface area contributed by atoms with Crippen LogP contribution >= 0.6 is 0 Å². The number of benzene rings is 4. The number of ether oxygens (including phenoxy) is 3. The van der Waals surface area contributed by atoms with Crippen molar-refractivity contribution in [3.63, 3.8) is 0 Å². The summed E-state index contributed by atoms with van der Waals surface area (Å²) < 4.78 is 16.5. The van der Waals surface area contributed by atoms with Crippen LogP contribution in [0, 0.1) is 11.8 Å². The van der Waals surface area contributed by atoms with Gasteiger partial charge in [-0.2, -0.15) is 0 Å². The highest BCUT2D eigenvalue weighted by Gasteiger charge is 2.32. The highest BCUT2D eigenvalue weighted by Crippen LogP contribution is 2.41. The monoisotopic (exact) mass is 547 g/mol. The number of hydrogen-bond donors (Lipinski definition) is 1. The SMILES string of the molecule is COc1ccc(C(C)(c2ccc(OC)cc2)c2ccc(OC)c(C#CCCCC(=O)NCc3ccccc3)c2)cc1. The molecule has 0 atom stereocenters. The van der Waals surface area contributed by atoms with Crippen molar-refractivity contribution in [2.75, 3.05) is 21.3 Å². The Morgan fingerprint density at radius 3 is 1.90 bits per heavy atom. The van der Waals surface area contributed by atoms with E-state index in [2.05, 4.69) is 60.5 Å². The fourth-order valence-corrected chi connectivity index (χ4v) is 4.85. The van der Waals surface area contributed by atoms with Gasteiger partial charge in [0, 0.05) is 24.8 Å². The molecule has 5 nitrogen and oxygen atoms in total. The summed E-state index contributed by atoms with van der Waals surface area (Å²) in [6.45, 7) is 2.75. The van der Waals surface area contributed by atoms with Gasteiger partial charge >= 0.3 is 0 Å². The minimum Gasteiger partial charge on any atom is -0.497 e. The number of carbonyl (C=O) groups excluding carboxylic acids is 1. The molecule has 4 aromatic rings. The van der Waals surface area contributed by atoms with Crippen molar-refractivity contribution in [1.82, 2.24) is 5.32 Å². The van der Waals surface area contributed by atoms with E-state index in [1.807, 2.05) is 60.7 Å². The fraction of sp³-hybridized carbons (Fsp3) is 0.250. The third kappa shape index (κ3) is 7.29. The molecule has 0 unspecified atom stereocenters. The molecule has 0 saturated carbocycles. The first kappa shape index (κ1) is 29.3. The van der Waals surface area contributed by atoms with Gasteiger partial charge in [0.1, 0.15) is 17.2 Å². The molecule has 0 saturated heterocycles. The van der Waals surface area contributed by atoms with E-state index in [1.165, 1.54) is 0 Å². The van der Waals surface area contributed by atoms with Gasteiger partial charge < -0.3 is 19.5 Å². The second-order valence-corrected chi connectivity index (χ2v) is 9.91. The zero-order valence-electron chi connectivity index (χ0n) is 24.2. The lowest BCUT2D eigenvalue weighted by Crippen LogP contribution is -2.25. The van der Waals surface area contributed by atoms with Crippen molar-refractivity contribution < 1.29 is 19.0 Å². The van der Waals surface area contributed by atoms with E-state index in [9.17, 15) is 4.79 Å².